The van der Waals surface area contributed by atoms with Crippen LogP contribution in [-0.2, 0) is 4.74 Å². The van der Waals surface area contributed by atoms with Gasteiger partial charge in [-0.15, -0.1) is 11.3 Å². The molecule has 2 heterocycles. The summed E-state index contributed by atoms with van der Waals surface area (Å²) in [5, 5.41) is 4.17. The molecule has 5 nitrogen and oxygen atoms in total. The first-order valence-corrected chi connectivity index (χ1v) is 7.86. The van der Waals surface area contributed by atoms with Crippen LogP contribution in [0, 0.1) is 12.8 Å². The number of carbonyl (C=O) groups is 1. The van der Waals surface area contributed by atoms with Crippen LogP contribution >= 0.6 is 11.3 Å². The molecule has 1 N–H and O–H groups in total. The second-order valence-electron chi connectivity index (χ2n) is 5.54. The highest BCUT2D eigenvalue weighted by Gasteiger charge is 2.24. The maximum atomic E-state index is 11.5. The van der Waals surface area contributed by atoms with Gasteiger partial charge in [0.2, 0.25) is 0 Å². The molecule has 1 aromatic heterocycles. The molecule has 20 heavy (non-hydrogen) atoms. The van der Waals surface area contributed by atoms with E-state index < -0.39 is 0 Å². The Morgan fingerprint density at radius 2 is 2.35 bits per heavy atom. The minimum absolute atomic E-state index is 0.362. The van der Waals surface area contributed by atoms with E-state index in [2.05, 4.69) is 29.0 Å². The Hall–Kier alpha value is -1.14. The molecule has 1 atom stereocenters. The van der Waals surface area contributed by atoms with Crippen LogP contribution < -0.4 is 5.32 Å². The van der Waals surface area contributed by atoms with Gasteiger partial charge in [0.25, 0.3) is 0 Å². The van der Waals surface area contributed by atoms with Crippen molar-refractivity contribution in [3.05, 3.63) is 10.6 Å². The van der Waals surface area contributed by atoms with Gasteiger partial charge >= 0.3 is 5.97 Å². The third kappa shape index (κ3) is 3.49. The van der Waals surface area contributed by atoms with Crippen molar-refractivity contribution < 1.29 is 9.53 Å². The predicted octanol–water partition coefficient (Wildman–Crippen LogP) is 2.38. The molecule has 112 valence electrons. The molecule has 0 radical (unpaired) electrons. The van der Waals surface area contributed by atoms with E-state index >= 15 is 0 Å². The number of ether oxygens (including phenoxy) is 1. The molecule has 6 heteroatoms. The standard InChI is InChI=1S/C14H23N3O2S/c1-9(2)17-6-5-11(8-17)7-15-14-16-12(10(3)20-14)13(18)19-4/h9,11H,5-8H2,1-4H3,(H,15,16). The maximum Gasteiger partial charge on any atom is 0.357 e. The molecule has 0 aromatic carbocycles. The molecule has 1 aromatic rings. The number of nitrogens with one attached hydrogen (secondary N) is 1. The Bertz CT molecular complexity index is 473. The lowest BCUT2D eigenvalue weighted by atomic mass is 10.1. The summed E-state index contributed by atoms with van der Waals surface area (Å²) in [4.78, 5) is 19.2. The van der Waals surface area contributed by atoms with Gasteiger partial charge in [0.1, 0.15) is 0 Å². The van der Waals surface area contributed by atoms with Crippen LogP contribution in [0.2, 0.25) is 0 Å². The van der Waals surface area contributed by atoms with Crippen molar-refractivity contribution in [2.24, 2.45) is 5.92 Å². The van der Waals surface area contributed by atoms with Gasteiger partial charge in [0, 0.05) is 24.0 Å². The third-order valence-electron chi connectivity index (χ3n) is 3.76. The van der Waals surface area contributed by atoms with Gasteiger partial charge in [-0.3, -0.25) is 0 Å². The van der Waals surface area contributed by atoms with E-state index in [4.69, 9.17) is 4.74 Å². The zero-order valence-corrected chi connectivity index (χ0v) is 13.4. The van der Waals surface area contributed by atoms with Crippen molar-refractivity contribution in [3.63, 3.8) is 0 Å². The minimum Gasteiger partial charge on any atom is -0.464 e. The molecule has 1 fully saturated rings. The van der Waals surface area contributed by atoms with Crippen molar-refractivity contribution in [2.45, 2.75) is 33.2 Å². The summed E-state index contributed by atoms with van der Waals surface area (Å²) in [5.41, 5.74) is 0.426. The number of esters is 1. The van der Waals surface area contributed by atoms with Crippen LogP contribution in [0.4, 0.5) is 5.13 Å². The molecule has 0 spiro atoms. The Balaban J connectivity index is 1.87. The summed E-state index contributed by atoms with van der Waals surface area (Å²) in [7, 11) is 1.38. The highest BCUT2D eigenvalue weighted by atomic mass is 32.1. The topological polar surface area (TPSA) is 54.5 Å². The third-order valence-corrected chi connectivity index (χ3v) is 4.69. The van der Waals surface area contributed by atoms with E-state index in [-0.39, 0.29) is 5.97 Å². The summed E-state index contributed by atoms with van der Waals surface area (Å²) in [5.74, 6) is 0.293. The average molecular weight is 297 g/mol. The molecular formula is C14H23N3O2S. The molecule has 1 saturated heterocycles. The van der Waals surface area contributed by atoms with Gasteiger partial charge < -0.3 is 15.0 Å². The van der Waals surface area contributed by atoms with Gasteiger partial charge in [-0.1, -0.05) is 0 Å². The number of thiazole rings is 1. The van der Waals surface area contributed by atoms with Gasteiger partial charge in [0.15, 0.2) is 10.8 Å². The van der Waals surface area contributed by atoms with E-state index in [0.29, 0.717) is 17.7 Å². The van der Waals surface area contributed by atoms with Gasteiger partial charge in [-0.05, 0) is 39.7 Å². The Kier molecular flexibility index (Phi) is 4.99. The molecule has 1 aliphatic heterocycles. The first-order valence-electron chi connectivity index (χ1n) is 7.05. The number of carbonyl (C=O) groups excluding carboxylic acids is 1. The first kappa shape index (κ1) is 15.3. The fourth-order valence-corrected chi connectivity index (χ4v) is 3.30. The number of likely N-dealkylation sites (tertiary alicyclic amines) is 1. The van der Waals surface area contributed by atoms with Crippen LogP contribution in [0.3, 0.4) is 0 Å². The summed E-state index contributed by atoms with van der Waals surface area (Å²) >= 11 is 1.51. The van der Waals surface area contributed by atoms with Crippen LogP contribution in [0.5, 0.6) is 0 Å². The average Bonchev–Trinajstić information content (AvgIpc) is 3.02. The normalized spacial score (nSPS) is 19.6. The summed E-state index contributed by atoms with van der Waals surface area (Å²) < 4.78 is 4.72. The Morgan fingerprint density at radius 3 is 2.95 bits per heavy atom. The molecule has 0 bridgehead atoms. The number of aromatic nitrogens is 1. The fourth-order valence-electron chi connectivity index (χ4n) is 2.49. The van der Waals surface area contributed by atoms with E-state index in [9.17, 15) is 4.79 Å². The molecule has 0 aliphatic carbocycles. The highest BCUT2D eigenvalue weighted by Crippen LogP contribution is 2.24. The Morgan fingerprint density at radius 1 is 1.60 bits per heavy atom. The zero-order valence-electron chi connectivity index (χ0n) is 12.6. The summed E-state index contributed by atoms with van der Waals surface area (Å²) in [6, 6.07) is 0.619. The van der Waals surface area contributed by atoms with Crippen LogP contribution in [0.1, 0.15) is 35.6 Å². The first-order chi connectivity index (χ1) is 9.51. The van der Waals surface area contributed by atoms with E-state index in [1.165, 1.54) is 31.4 Å². The maximum absolute atomic E-state index is 11.5. The van der Waals surface area contributed by atoms with Crippen molar-refractivity contribution in [2.75, 3.05) is 32.1 Å². The predicted molar refractivity (Wildman–Crippen MR) is 81.5 cm³/mol. The van der Waals surface area contributed by atoms with E-state index in [1.54, 1.807) is 0 Å². The van der Waals surface area contributed by atoms with Crippen LogP contribution in [0.15, 0.2) is 0 Å². The quantitative estimate of drug-likeness (QED) is 0.846. The number of hydrogen-bond acceptors (Lipinski definition) is 6. The number of aryl methyl sites for hydroxylation is 1. The smallest absolute Gasteiger partial charge is 0.357 e. The highest BCUT2D eigenvalue weighted by molar-refractivity contribution is 7.15. The molecular weight excluding hydrogens is 274 g/mol. The number of hydrogen-bond donors (Lipinski definition) is 1. The number of anilines is 1. The van der Waals surface area contributed by atoms with Crippen molar-refractivity contribution in [1.29, 1.82) is 0 Å². The molecule has 0 amide bonds. The lowest BCUT2D eigenvalue weighted by Gasteiger charge is -2.20. The van der Waals surface area contributed by atoms with Crippen LogP contribution in [0.25, 0.3) is 0 Å². The monoisotopic (exact) mass is 297 g/mol. The van der Waals surface area contributed by atoms with E-state index in [0.717, 1.165) is 23.1 Å². The molecule has 0 saturated carbocycles. The minimum atomic E-state index is -0.362. The van der Waals surface area contributed by atoms with Crippen LogP contribution in [-0.4, -0.2) is 48.6 Å². The SMILES string of the molecule is COC(=O)c1nc(NCC2CCN(C(C)C)C2)sc1C. The zero-order chi connectivity index (χ0) is 14.7. The fraction of sp³-hybridized carbons (Fsp3) is 0.714. The summed E-state index contributed by atoms with van der Waals surface area (Å²) in [6.45, 7) is 9.60. The second kappa shape index (κ2) is 6.54. The van der Waals surface area contributed by atoms with Crippen molar-refractivity contribution in [3.8, 4) is 0 Å². The largest absolute Gasteiger partial charge is 0.464 e. The lowest BCUT2D eigenvalue weighted by molar-refractivity contribution is 0.0594. The van der Waals surface area contributed by atoms with Gasteiger partial charge in [-0.25, -0.2) is 9.78 Å². The molecule has 2 rings (SSSR count). The lowest BCUT2D eigenvalue weighted by Crippen LogP contribution is -2.29. The summed E-state index contributed by atoms with van der Waals surface area (Å²) in [6.07, 6.45) is 1.22. The molecule has 1 aliphatic rings. The number of methoxy groups -OCH3 is 1. The molecule has 1 unspecified atom stereocenters. The van der Waals surface area contributed by atoms with Crippen molar-refractivity contribution >= 4 is 22.4 Å². The van der Waals surface area contributed by atoms with E-state index in [1.807, 2.05) is 6.92 Å². The second-order valence-corrected chi connectivity index (χ2v) is 6.74. The number of rotatable bonds is 5. The number of nitrogens with zero attached hydrogens (tertiary/aromatic N) is 2. The van der Waals surface area contributed by atoms with Crippen molar-refractivity contribution in [1.82, 2.24) is 9.88 Å². The Labute approximate surface area is 124 Å². The van der Waals surface area contributed by atoms with Gasteiger partial charge in [-0.2, -0.15) is 0 Å². The van der Waals surface area contributed by atoms with Gasteiger partial charge in [0.05, 0.1) is 7.11 Å².